The average Bonchev–Trinajstić information content (AvgIpc) is 1.35. The van der Waals surface area contributed by atoms with Crippen molar-refractivity contribution in [1.29, 1.82) is 0 Å². The molecule has 2 N–H and O–H groups in total. The van der Waals surface area contributed by atoms with E-state index in [2.05, 4.69) is 4.52 Å². The van der Waals surface area contributed by atoms with Crippen molar-refractivity contribution in [2.24, 2.45) is 0 Å². The summed E-state index contributed by atoms with van der Waals surface area (Å²) in [6, 6.07) is 0. The third kappa shape index (κ3) is 54.7. The predicted octanol–water partition coefficient (Wildman–Crippen LogP) is -4.81. The van der Waals surface area contributed by atoms with Gasteiger partial charge < -0.3 is 9.79 Å². The molecule has 12 heteroatoms. The van der Waals surface area contributed by atoms with E-state index in [9.17, 15) is 4.57 Å². The maximum absolute atomic E-state index is 9.47. The molecule has 0 rings (SSSR count). The van der Waals surface area contributed by atoms with E-state index in [0.717, 1.165) is 7.11 Å². The molecule has 0 amide bonds. The second kappa shape index (κ2) is 31.5. The monoisotopic (exact) mass is 280 g/mol. The van der Waals surface area contributed by atoms with Crippen molar-refractivity contribution in [1.82, 2.24) is 0 Å². The summed E-state index contributed by atoms with van der Waals surface area (Å²) in [6.45, 7) is 0. The fourth-order valence-electron chi connectivity index (χ4n) is 0. The van der Waals surface area contributed by atoms with Crippen LogP contribution in [0.15, 0.2) is 0 Å². The Bertz CT molecular complexity index is 84.6. The Hall–Kier alpha value is 7.11. The molecule has 0 atom stereocenters. The van der Waals surface area contributed by atoms with Crippen LogP contribution in [0, 0.1) is 0 Å². The van der Waals surface area contributed by atoms with E-state index in [1.807, 2.05) is 0 Å². The van der Waals surface area contributed by atoms with E-state index in [1.54, 1.807) is 0 Å². The van der Waals surface area contributed by atoms with Gasteiger partial charge in [-0.05, 0) is 0 Å². The SMILES string of the molecule is COP(=O)(O)O.[NaH].[NaH].[NaH].[NaH].[NaH].[NaH].[NaH]. The second-order valence-electron chi connectivity index (χ2n) is 0.673. The first-order valence-corrected chi connectivity index (χ1v) is 2.70. The molecule has 0 aromatic carbocycles. The summed E-state index contributed by atoms with van der Waals surface area (Å²) in [5.74, 6) is 0. The molecule has 0 spiro atoms. The van der Waals surface area contributed by atoms with Gasteiger partial charge in [-0.25, -0.2) is 4.57 Å². The number of hydrogen-bond donors (Lipinski definition) is 2. The summed E-state index contributed by atoms with van der Waals surface area (Å²) < 4.78 is 13.1. The van der Waals surface area contributed by atoms with Gasteiger partial charge >= 0.3 is 215 Å². The molecule has 0 unspecified atom stereocenters. The fourth-order valence-corrected chi connectivity index (χ4v) is 0. The predicted molar refractivity (Wildman–Crippen MR) is 69.1 cm³/mol. The number of hydrogen-bond acceptors (Lipinski definition) is 2. The minimum absolute atomic E-state index is 0. The molecule has 0 heterocycles. The second-order valence-corrected chi connectivity index (χ2v) is 2.02. The summed E-state index contributed by atoms with van der Waals surface area (Å²) in [7, 11) is -3.20. The maximum atomic E-state index is 9.47. The van der Waals surface area contributed by atoms with Crippen LogP contribution in [0.25, 0.3) is 0 Å². The molecule has 0 saturated heterocycles. The molecular formula is CH12Na7O4P. The van der Waals surface area contributed by atoms with Crippen molar-refractivity contribution >= 4 is 215 Å². The van der Waals surface area contributed by atoms with Gasteiger partial charge in [-0.15, -0.1) is 0 Å². The summed E-state index contributed by atoms with van der Waals surface area (Å²) in [4.78, 5) is 15.4. The van der Waals surface area contributed by atoms with Crippen LogP contribution in [0.1, 0.15) is 0 Å². The standard InChI is InChI=1S/CH5O4P.7Na.7H/c1-5-6(2,3)4;;;;;;;;;;;;;;/h1H3,(H2,2,3,4);;;;;;;;;;;;;;. The Morgan fingerprint density at radius 1 is 0.846 bits per heavy atom. The van der Waals surface area contributed by atoms with Crippen molar-refractivity contribution < 1.29 is 18.9 Å². The molecule has 0 saturated carbocycles. The molecule has 0 radical (unpaired) electrons. The van der Waals surface area contributed by atoms with Crippen LogP contribution in [0.5, 0.6) is 0 Å². The van der Waals surface area contributed by atoms with E-state index >= 15 is 0 Å². The third-order valence-corrected chi connectivity index (χ3v) is 0.714. The number of phosphoric acid groups is 1. The van der Waals surface area contributed by atoms with Gasteiger partial charge in [0, 0.05) is 7.11 Å². The van der Waals surface area contributed by atoms with Gasteiger partial charge in [0.15, 0.2) is 0 Å². The van der Waals surface area contributed by atoms with E-state index in [4.69, 9.17) is 9.79 Å². The topological polar surface area (TPSA) is 66.8 Å². The molecule has 0 aromatic rings. The van der Waals surface area contributed by atoms with Crippen LogP contribution in [-0.4, -0.2) is 224 Å². The summed E-state index contributed by atoms with van der Waals surface area (Å²) in [6.07, 6.45) is 0. The van der Waals surface area contributed by atoms with Gasteiger partial charge in [0.25, 0.3) is 0 Å². The van der Waals surface area contributed by atoms with Crippen LogP contribution in [0.4, 0.5) is 0 Å². The van der Waals surface area contributed by atoms with Crippen molar-refractivity contribution in [3.8, 4) is 0 Å². The van der Waals surface area contributed by atoms with E-state index < -0.39 is 7.82 Å². The Balaban J connectivity index is -0.00000000595. The number of rotatable bonds is 1. The summed E-state index contributed by atoms with van der Waals surface area (Å²) in [5, 5.41) is 0. The normalized spacial score (nSPS) is 5.46. The molecule has 0 aliphatic rings. The first-order chi connectivity index (χ1) is 2.56. The Morgan fingerprint density at radius 2 is 0.923 bits per heavy atom. The van der Waals surface area contributed by atoms with E-state index in [-0.39, 0.29) is 207 Å². The first-order valence-electron chi connectivity index (χ1n) is 1.17. The van der Waals surface area contributed by atoms with Crippen molar-refractivity contribution in [3.63, 3.8) is 0 Å². The zero-order valence-electron chi connectivity index (χ0n) is 3.16. The third-order valence-electron chi connectivity index (χ3n) is 0.238. The molecular weight excluding hydrogens is 268 g/mol. The Morgan fingerprint density at radius 3 is 0.923 bits per heavy atom. The van der Waals surface area contributed by atoms with Gasteiger partial charge in [-0.1, -0.05) is 0 Å². The molecule has 52 valence electrons. The van der Waals surface area contributed by atoms with Crippen LogP contribution in [-0.2, 0) is 9.09 Å². The molecule has 0 bridgehead atoms. The van der Waals surface area contributed by atoms with Crippen molar-refractivity contribution in [2.75, 3.05) is 7.11 Å². The zero-order valence-corrected chi connectivity index (χ0v) is 4.05. The van der Waals surface area contributed by atoms with E-state index in [1.165, 1.54) is 0 Å². The fraction of sp³-hybridized carbons (Fsp3) is 1.00. The first kappa shape index (κ1) is 50.1. The molecule has 4 nitrogen and oxygen atoms in total. The molecule has 0 aromatic heterocycles. The van der Waals surface area contributed by atoms with Crippen LogP contribution >= 0.6 is 7.82 Å². The Kier molecular flexibility index (Phi) is 121. The molecule has 0 aliphatic carbocycles. The molecule has 0 aliphatic heterocycles. The van der Waals surface area contributed by atoms with Crippen LogP contribution in [0.3, 0.4) is 0 Å². The van der Waals surface area contributed by atoms with E-state index in [0.29, 0.717) is 0 Å². The van der Waals surface area contributed by atoms with Crippen LogP contribution < -0.4 is 0 Å². The quantitative estimate of drug-likeness (QED) is 0.374. The summed E-state index contributed by atoms with van der Waals surface area (Å²) in [5.41, 5.74) is 0. The van der Waals surface area contributed by atoms with Gasteiger partial charge in [0.05, 0.1) is 0 Å². The van der Waals surface area contributed by atoms with Crippen molar-refractivity contribution in [2.45, 2.75) is 0 Å². The summed E-state index contributed by atoms with van der Waals surface area (Å²) >= 11 is 0. The van der Waals surface area contributed by atoms with Gasteiger partial charge in [-0.3, -0.25) is 4.52 Å². The van der Waals surface area contributed by atoms with Crippen molar-refractivity contribution in [3.05, 3.63) is 0 Å². The van der Waals surface area contributed by atoms with Gasteiger partial charge in [0.2, 0.25) is 0 Å². The van der Waals surface area contributed by atoms with Gasteiger partial charge in [0.1, 0.15) is 0 Å². The Labute approximate surface area is 234 Å². The zero-order chi connectivity index (χ0) is 5.21. The van der Waals surface area contributed by atoms with Gasteiger partial charge in [-0.2, -0.15) is 0 Å². The number of phosphoric ester groups is 1. The molecule has 0 fully saturated rings. The molecule has 13 heavy (non-hydrogen) atoms. The van der Waals surface area contributed by atoms with Crippen LogP contribution in [0.2, 0.25) is 0 Å². The average molecular weight is 280 g/mol. The minimum atomic E-state index is -4.15.